The zero-order chi connectivity index (χ0) is 27.8. The van der Waals surface area contributed by atoms with Gasteiger partial charge >= 0.3 is 12.3 Å². The number of nitrogens with one attached hydrogen (secondary N) is 1. The maximum atomic E-state index is 12.6. The summed E-state index contributed by atoms with van der Waals surface area (Å²) in [6, 6.07) is 6.89. The molecule has 0 aliphatic carbocycles. The van der Waals surface area contributed by atoms with Crippen LogP contribution in [0.15, 0.2) is 36.7 Å². The van der Waals surface area contributed by atoms with Crippen molar-refractivity contribution in [3.8, 4) is 17.0 Å². The van der Waals surface area contributed by atoms with Crippen molar-refractivity contribution in [2.45, 2.75) is 58.2 Å². The Labute approximate surface area is 218 Å². The average Bonchev–Trinajstić information content (AvgIpc) is 3.24. The Kier molecular flexibility index (Phi) is 7.31. The summed E-state index contributed by atoms with van der Waals surface area (Å²) >= 11 is 0. The number of likely N-dealkylation sites (tertiary alicyclic amines) is 1. The topological polar surface area (TPSA) is 96.2 Å². The first-order valence-electron chi connectivity index (χ1n) is 12.4. The van der Waals surface area contributed by atoms with Crippen LogP contribution in [-0.2, 0) is 4.74 Å². The SMILES string of the molecule is Cc1cc(-c2cnc3cc(C4CCCN(C(=O)OC(C)(C)C)C4)ccn23)cc(O)c1C(=O)NCC(F)(F)F. The van der Waals surface area contributed by atoms with Crippen molar-refractivity contribution in [1.29, 1.82) is 0 Å². The highest BCUT2D eigenvalue weighted by Gasteiger charge is 2.30. The van der Waals surface area contributed by atoms with Crippen LogP contribution in [0, 0.1) is 6.92 Å². The lowest BCUT2D eigenvalue weighted by Gasteiger charge is -2.34. The Balaban J connectivity index is 1.55. The first kappa shape index (κ1) is 27.3. The van der Waals surface area contributed by atoms with Gasteiger partial charge in [0.1, 0.15) is 23.5 Å². The fourth-order valence-corrected chi connectivity index (χ4v) is 4.69. The van der Waals surface area contributed by atoms with Crippen molar-refractivity contribution < 1.29 is 32.6 Å². The van der Waals surface area contributed by atoms with E-state index in [4.69, 9.17) is 4.74 Å². The third-order valence-electron chi connectivity index (χ3n) is 6.37. The van der Waals surface area contributed by atoms with Crippen LogP contribution in [0.25, 0.3) is 16.9 Å². The molecule has 1 atom stereocenters. The van der Waals surface area contributed by atoms with Crippen molar-refractivity contribution in [1.82, 2.24) is 19.6 Å². The van der Waals surface area contributed by atoms with Crippen molar-refractivity contribution >= 4 is 17.6 Å². The Morgan fingerprint density at radius 3 is 2.61 bits per heavy atom. The zero-order valence-corrected chi connectivity index (χ0v) is 21.7. The number of pyridine rings is 1. The molecule has 0 bridgehead atoms. The van der Waals surface area contributed by atoms with Crippen LogP contribution < -0.4 is 5.32 Å². The van der Waals surface area contributed by atoms with E-state index < -0.39 is 30.0 Å². The van der Waals surface area contributed by atoms with Gasteiger partial charge in [-0.1, -0.05) is 0 Å². The van der Waals surface area contributed by atoms with Gasteiger partial charge in [-0.3, -0.25) is 9.20 Å². The standard InChI is InChI=1S/C27H31F3N4O4/c1-16-10-19(11-21(35)23(16)24(36)32-15-27(28,29)30)20-13-31-22-12-17(7-9-34(20)22)18-6-5-8-33(14-18)25(37)38-26(2,3)4/h7,9-13,18,35H,5-6,8,14-15H2,1-4H3,(H,32,36). The summed E-state index contributed by atoms with van der Waals surface area (Å²) in [7, 11) is 0. The lowest BCUT2D eigenvalue weighted by molar-refractivity contribution is -0.123. The Bertz CT molecular complexity index is 1340. The number of imidazole rings is 1. The van der Waals surface area contributed by atoms with Crippen molar-refractivity contribution in [2.24, 2.45) is 0 Å². The molecule has 4 rings (SSSR count). The van der Waals surface area contributed by atoms with Gasteiger partial charge in [0.25, 0.3) is 5.91 Å². The molecular weight excluding hydrogens is 501 g/mol. The van der Waals surface area contributed by atoms with E-state index in [0.717, 1.165) is 18.4 Å². The van der Waals surface area contributed by atoms with Gasteiger partial charge in [0.15, 0.2) is 0 Å². The van der Waals surface area contributed by atoms with Crippen molar-refractivity contribution in [2.75, 3.05) is 19.6 Å². The van der Waals surface area contributed by atoms with E-state index in [9.17, 15) is 27.9 Å². The molecule has 0 saturated carbocycles. The van der Waals surface area contributed by atoms with E-state index >= 15 is 0 Å². The van der Waals surface area contributed by atoms with Crippen LogP contribution >= 0.6 is 0 Å². The summed E-state index contributed by atoms with van der Waals surface area (Å²) in [4.78, 5) is 31.0. The number of hydrogen-bond donors (Lipinski definition) is 2. The predicted octanol–water partition coefficient (Wildman–Crippen LogP) is 5.42. The number of aryl methyl sites for hydroxylation is 1. The molecule has 1 aliphatic heterocycles. The van der Waals surface area contributed by atoms with Gasteiger partial charge in [-0.2, -0.15) is 13.2 Å². The van der Waals surface area contributed by atoms with Crippen molar-refractivity contribution in [3.63, 3.8) is 0 Å². The van der Waals surface area contributed by atoms with Gasteiger partial charge in [-0.05, 0) is 75.9 Å². The third-order valence-corrected chi connectivity index (χ3v) is 6.37. The fourth-order valence-electron chi connectivity index (χ4n) is 4.69. The number of carbonyl (C=O) groups excluding carboxylic acids is 2. The van der Waals surface area contributed by atoms with Crippen LogP contribution in [0.3, 0.4) is 0 Å². The fraction of sp³-hybridized carbons (Fsp3) is 0.444. The van der Waals surface area contributed by atoms with E-state index in [-0.39, 0.29) is 17.6 Å². The number of alkyl halides is 3. The molecule has 1 aromatic carbocycles. The molecule has 204 valence electrons. The molecule has 3 heterocycles. The number of ether oxygens (including phenoxy) is 1. The number of nitrogens with zero attached hydrogens (tertiary/aromatic N) is 3. The van der Waals surface area contributed by atoms with E-state index in [1.54, 1.807) is 29.4 Å². The van der Waals surface area contributed by atoms with E-state index in [0.29, 0.717) is 35.6 Å². The predicted molar refractivity (Wildman–Crippen MR) is 135 cm³/mol. The highest BCUT2D eigenvalue weighted by molar-refractivity contribution is 5.99. The minimum atomic E-state index is -4.56. The molecule has 8 nitrogen and oxygen atoms in total. The van der Waals surface area contributed by atoms with Gasteiger partial charge in [-0.15, -0.1) is 0 Å². The third kappa shape index (κ3) is 6.20. The molecule has 1 aliphatic rings. The second-order valence-corrected chi connectivity index (χ2v) is 10.6. The van der Waals surface area contributed by atoms with Crippen molar-refractivity contribution in [3.05, 3.63) is 53.3 Å². The molecule has 0 radical (unpaired) electrons. The number of aromatic hydroxyl groups is 1. The molecule has 3 aromatic rings. The molecule has 1 unspecified atom stereocenters. The minimum Gasteiger partial charge on any atom is -0.507 e. The first-order valence-corrected chi connectivity index (χ1v) is 12.4. The average molecular weight is 533 g/mol. The number of fused-ring (bicyclic) bond motifs is 1. The monoisotopic (exact) mass is 532 g/mol. The Hall–Kier alpha value is -3.76. The summed E-state index contributed by atoms with van der Waals surface area (Å²) < 4.78 is 44.8. The van der Waals surface area contributed by atoms with Crippen LogP contribution in [-0.4, -0.2) is 62.8 Å². The molecule has 2 aromatic heterocycles. The number of phenols is 1. The molecule has 1 saturated heterocycles. The molecule has 11 heteroatoms. The summed E-state index contributed by atoms with van der Waals surface area (Å²) in [5, 5.41) is 12.3. The van der Waals surface area contributed by atoms with Crippen LogP contribution in [0.5, 0.6) is 5.75 Å². The lowest BCUT2D eigenvalue weighted by Crippen LogP contribution is -2.42. The quantitative estimate of drug-likeness (QED) is 0.468. The molecule has 38 heavy (non-hydrogen) atoms. The number of piperidine rings is 1. The molecule has 0 spiro atoms. The normalized spacial score (nSPS) is 16.5. The Morgan fingerprint density at radius 1 is 1.21 bits per heavy atom. The van der Waals surface area contributed by atoms with Gasteiger partial charge in [-0.25, -0.2) is 9.78 Å². The lowest BCUT2D eigenvalue weighted by atomic mass is 9.91. The van der Waals surface area contributed by atoms with E-state index in [1.165, 1.54) is 6.07 Å². The van der Waals surface area contributed by atoms with Crippen LogP contribution in [0.2, 0.25) is 0 Å². The van der Waals surface area contributed by atoms with Gasteiger partial charge < -0.3 is 20.1 Å². The number of halogens is 3. The number of amides is 2. The largest absolute Gasteiger partial charge is 0.507 e. The molecule has 2 amide bonds. The minimum absolute atomic E-state index is 0.127. The molecular formula is C27H31F3N4O4. The first-order chi connectivity index (χ1) is 17.7. The Morgan fingerprint density at radius 2 is 1.95 bits per heavy atom. The number of carbonyl (C=O) groups is 2. The smallest absolute Gasteiger partial charge is 0.410 e. The second-order valence-electron chi connectivity index (χ2n) is 10.6. The molecule has 2 N–H and O–H groups in total. The summed E-state index contributed by atoms with van der Waals surface area (Å²) in [5.41, 5.74) is 2.46. The maximum absolute atomic E-state index is 12.6. The number of benzene rings is 1. The zero-order valence-electron chi connectivity index (χ0n) is 21.7. The van der Waals surface area contributed by atoms with Gasteiger partial charge in [0, 0.05) is 30.8 Å². The van der Waals surface area contributed by atoms with Crippen LogP contribution in [0.1, 0.15) is 61.0 Å². The summed E-state index contributed by atoms with van der Waals surface area (Å²) in [6.45, 7) is 6.78. The molecule has 1 fully saturated rings. The number of hydrogen-bond acceptors (Lipinski definition) is 5. The van der Waals surface area contributed by atoms with Gasteiger partial charge in [0.05, 0.1) is 17.5 Å². The summed E-state index contributed by atoms with van der Waals surface area (Å²) in [6.07, 6.45) is 0.391. The number of rotatable bonds is 4. The number of phenolic OH excluding ortho intramolecular Hbond substituents is 1. The van der Waals surface area contributed by atoms with E-state index in [1.807, 2.05) is 43.5 Å². The van der Waals surface area contributed by atoms with Crippen LogP contribution in [0.4, 0.5) is 18.0 Å². The number of aromatic nitrogens is 2. The highest BCUT2D eigenvalue weighted by atomic mass is 19.4. The van der Waals surface area contributed by atoms with E-state index in [2.05, 4.69) is 4.98 Å². The van der Waals surface area contributed by atoms with Gasteiger partial charge in [0.2, 0.25) is 0 Å². The summed E-state index contributed by atoms with van der Waals surface area (Å²) in [5.74, 6) is -1.29. The maximum Gasteiger partial charge on any atom is 0.410 e. The second kappa shape index (κ2) is 10.2. The highest BCUT2D eigenvalue weighted by Crippen LogP contribution is 2.32.